The van der Waals surface area contributed by atoms with Gasteiger partial charge in [0.05, 0.1) is 34.3 Å². The van der Waals surface area contributed by atoms with E-state index in [-0.39, 0.29) is 23.3 Å². The van der Waals surface area contributed by atoms with Crippen molar-refractivity contribution in [3.05, 3.63) is 70.6 Å². The van der Waals surface area contributed by atoms with Crippen LogP contribution in [0.25, 0.3) is 16.9 Å². The Kier molecular flexibility index (Phi) is 4.48. The lowest BCUT2D eigenvalue weighted by molar-refractivity contribution is -0.0770. The molecule has 0 saturated heterocycles. The molecule has 12 heteroatoms. The average Bonchev–Trinajstić information content (AvgIpc) is 3.39. The van der Waals surface area contributed by atoms with Crippen molar-refractivity contribution in [3.8, 4) is 17.0 Å². The molecule has 0 spiro atoms. The monoisotopic (exact) mass is 550 g/mol. The first-order valence-corrected chi connectivity index (χ1v) is 12.8. The molecule has 10 nitrogen and oxygen atoms in total. The number of aliphatic hydroxyl groups is 1. The third-order valence-electron chi connectivity index (χ3n) is 8.16. The molecule has 3 aromatic heterocycles. The second-order valence-corrected chi connectivity index (χ2v) is 11.2. The number of fused-ring (bicyclic) bond motifs is 9. The van der Waals surface area contributed by atoms with Gasteiger partial charge in [0.15, 0.2) is 5.65 Å². The van der Waals surface area contributed by atoms with Gasteiger partial charge >= 0.3 is 6.61 Å². The summed E-state index contributed by atoms with van der Waals surface area (Å²) in [6, 6.07) is 4.92. The first kappa shape index (κ1) is 21.8. The van der Waals surface area contributed by atoms with Crippen molar-refractivity contribution in [1.29, 1.82) is 0 Å². The molecule has 3 aliphatic rings. The van der Waals surface area contributed by atoms with E-state index in [0.717, 1.165) is 4.90 Å². The largest absolute Gasteiger partial charge is 0.434 e. The van der Waals surface area contributed by atoms with E-state index < -0.39 is 42.6 Å². The van der Waals surface area contributed by atoms with Crippen LogP contribution in [-0.4, -0.2) is 59.7 Å². The van der Waals surface area contributed by atoms with Gasteiger partial charge in [-0.25, -0.2) is 19.5 Å². The predicted molar refractivity (Wildman–Crippen MR) is 139 cm³/mol. The maximum Gasteiger partial charge on any atom is 0.387 e. The van der Waals surface area contributed by atoms with Gasteiger partial charge < -0.3 is 20.5 Å². The number of amides is 1. The summed E-state index contributed by atoms with van der Waals surface area (Å²) in [7, 11) is 0. The molecule has 7 rings (SSSR count). The number of benzene rings is 1. The molecule has 4 aromatic rings. The van der Waals surface area contributed by atoms with E-state index in [1.807, 2.05) is 0 Å². The van der Waals surface area contributed by atoms with Crippen LogP contribution in [0.1, 0.15) is 81.0 Å². The van der Waals surface area contributed by atoms with E-state index in [9.17, 15) is 18.7 Å². The maximum atomic E-state index is 13.6. The topological polar surface area (TPSA) is 132 Å². The fraction of sp³-hybridized carbons (Fsp3) is 0.393. The summed E-state index contributed by atoms with van der Waals surface area (Å²) < 4.78 is 57.7. The van der Waals surface area contributed by atoms with Gasteiger partial charge in [-0.2, -0.15) is 13.9 Å². The fourth-order valence-electron chi connectivity index (χ4n) is 6.62. The molecule has 1 saturated carbocycles. The summed E-state index contributed by atoms with van der Waals surface area (Å²) in [4.78, 5) is 28.4. The highest BCUT2D eigenvalue weighted by Crippen LogP contribution is 2.53. The minimum Gasteiger partial charge on any atom is -0.434 e. The number of ether oxygens (including phenoxy) is 1. The molecular weight excluding hydrogens is 520 g/mol. The van der Waals surface area contributed by atoms with E-state index in [1.165, 1.54) is 22.7 Å². The molecule has 2 aliphatic carbocycles. The standard InChI is InChI=1S/C28H27F2N7O3/c1-13-16(10-32-25(33-13)28(31)11-27(2,39)12-28)17-7-8-37-23(34-17)21-15-9-18(22(21)35-37)36(3)24(38)14-5-4-6-19(20(14)15)40-26(29)30/h4-8,10,15,18,26,39H,9,11-12,31H2,1-3H3/t15-,18-,27?,28?/m1/s1/i3D3. The molecule has 1 amide bonds. The van der Waals surface area contributed by atoms with E-state index in [0.29, 0.717) is 52.5 Å². The van der Waals surface area contributed by atoms with Crippen LogP contribution < -0.4 is 10.5 Å². The van der Waals surface area contributed by atoms with Crippen molar-refractivity contribution in [2.45, 2.75) is 62.8 Å². The predicted octanol–water partition coefficient (Wildman–Crippen LogP) is 3.46. The number of alkyl halides is 2. The summed E-state index contributed by atoms with van der Waals surface area (Å²) in [5.74, 6) is -1.28. The summed E-state index contributed by atoms with van der Waals surface area (Å²) in [5, 5.41) is 14.8. The number of carbonyl (C=O) groups excluding carboxylic acids is 1. The number of hydrogen-bond acceptors (Lipinski definition) is 8. The van der Waals surface area contributed by atoms with Gasteiger partial charge in [0.1, 0.15) is 11.6 Å². The Bertz CT molecular complexity index is 1820. The smallest absolute Gasteiger partial charge is 0.387 e. The van der Waals surface area contributed by atoms with Crippen LogP contribution in [0.3, 0.4) is 0 Å². The second-order valence-electron chi connectivity index (χ2n) is 11.2. The lowest BCUT2D eigenvalue weighted by atomic mass is 9.66. The van der Waals surface area contributed by atoms with Crippen molar-refractivity contribution in [2.24, 2.45) is 5.73 Å². The van der Waals surface area contributed by atoms with Crippen LogP contribution in [0.5, 0.6) is 5.75 Å². The van der Waals surface area contributed by atoms with Crippen LogP contribution >= 0.6 is 0 Å². The average molecular weight is 551 g/mol. The quantitative estimate of drug-likeness (QED) is 0.395. The molecule has 40 heavy (non-hydrogen) atoms. The van der Waals surface area contributed by atoms with Crippen molar-refractivity contribution >= 4 is 11.6 Å². The van der Waals surface area contributed by atoms with Gasteiger partial charge in [-0.15, -0.1) is 0 Å². The highest BCUT2D eigenvalue weighted by molar-refractivity contribution is 5.98. The number of aromatic nitrogens is 5. The number of nitrogens with zero attached hydrogens (tertiary/aromatic N) is 6. The Labute approximate surface area is 232 Å². The molecule has 2 bridgehead atoms. The summed E-state index contributed by atoms with van der Waals surface area (Å²) >= 11 is 0. The zero-order valence-corrected chi connectivity index (χ0v) is 21.6. The Balaban J connectivity index is 1.38. The highest BCUT2D eigenvalue weighted by atomic mass is 19.3. The van der Waals surface area contributed by atoms with Crippen molar-refractivity contribution < 1.29 is 27.5 Å². The van der Waals surface area contributed by atoms with Gasteiger partial charge in [0, 0.05) is 64.5 Å². The summed E-state index contributed by atoms with van der Waals surface area (Å²) in [6.07, 6.45) is 4.06. The first-order valence-electron chi connectivity index (χ1n) is 14.3. The fourth-order valence-corrected chi connectivity index (χ4v) is 6.62. The third kappa shape index (κ3) is 3.55. The van der Waals surface area contributed by atoms with Crippen LogP contribution in [-0.2, 0) is 5.54 Å². The second kappa shape index (κ2) is 8.24. The number of halogens is 2. The first-order chi connectivity index (χ1) is 20.2. The van der Waals surface area contributed by atoms with Crippen LogP contribution in [0.2, 0.25) is 0 Å². The molecule has 1 aliphatic heterocycles. The zero-order valence-electron chi connectivity index (χ0n) is 24.6. The normalized spacial score (nSPS) is 28.4. The number of rotatable bonds is 4. The Morgan fingerprint density at radius 2 is 2.02 bits per heavy atom. The SMILES string of the molecule is [2H]C([2H])([2H])N1C(=O)c2cccc(OC(F)F)c2[C@H]2C[C@@H]1c1nn3ccc(-c4cnc(C5(N)CC(C)(O)C5)nc4C)nc3c12. The van der Waals surface area contributed by atoms with Gasteiger partial charge in [-0.05, 0) is 38.5 Å². The van der Waals surface area contributed by atoms with Gasteiger partial charge in [0.25, 0.3) is 5.91 Å². The number of carbonyl (C=O) groups is 1. The minimum absolute atomic E-state index is 0.0200. The molecule has 3 N–H and O–H groups in total. The molecule has 4 heterocycles. The molecule has 0 unspecified atom stereocenters. The van der Waals surface area contributed by atoms with Gasteiger partial charge in [0.2, 0.25) is 0 Å². The third-order valence-corrected chi connectivity index (χ3v) is 8.16. The van der Waals surface area contributed by atoms with Gasteiger partial charge in [-0.1, -0.05) is 6.07 Å². The van der Waals surface area contributed by atoms with E-state index in [2.05, 4.69) is 15.1 Å². The number of nitrogens with two attached hydrogens (primary N) is 1. The highest BCUT2D eigenvalue weighted by Gasteiger charge is 2.51. The molecular formula is C28H27F2N7O3. The van der Waals surface area contributed by atoms with Crippen molar-refractivity contribution in [3.63, 3.8) is 0 Å². The molecule has 0 radical (unpaired) electrons. The van der Waals surface area contributed by atoms with E-state index >= 15 is 0 Å². The number of aryl methyl sites for hydroxylation is 1. The Morgan fingerprint density at radius 3 is 2.73 bits per heavy atom. The van der Waals surface area contributed by atoms with E-state index in [4.69, 9.17) is 19.6 Å². The minimum atomic E-state index is -3.15. The maximum absolute atomic E-state index is 13.6. The van der Waals surface area contributed by atoms with Crippen LogP contribution in [0, 0.1) is 6.92 Å². The summed E-state index contributed by atoms with van der Waals surface area (Å²) in [6.45, 7) is -2.46. The van der Waals surface area contributed by atoms with Crippen LogP contribution in [0.4, 0.5) is 8.78 Å². The van der Waals surface area contributed by atoms with Gasteiger partial charge in [-0.3, -0.25) is 4.79 Å². The molecule has 1 aromatic carbocycles. The summed E-state index contributed by atoms with van der Waals surface area (Å²) in [5.41, 5.74) is 7.89. The van der Waals surface area contributed by atoms with Crippen LogP contribution in [0.15, 0.2) is 36.7 Å². The molecule has 206 valence electrons. The molecule has 1 fully saturated rings. The van der Waals surface area contributed by atoms with Crippen molar-refractivity contribution in [1.82, 2.24) is 29.5 Å². The Morgan fingerprint density at radius 1 is 1.23 bits per heavy atom. The number of hydrogen-bond donors (Lipinski definition) is 2. The lowest BCUT2D eigenvalue weighted by Crippen LogP contribution is -2.59. The molecule has 2 atom stereocenters. The van der Waals surface area contributed by atoms with Crippen molar-refractivity contribution in [2.75, 3.05) is 6.98 Å². The Hall–Kier alpha value is -4.03. The zero-order chi connectivity index (χ0) is 30.6. The lowest BCUT2D eigenvalue weighted by Gasteiger charge is -2.48. The van der Waals surface area contributed by atoms with E-state index in [1.54, 1.807) is 32.3 Å².